The molecule has 4 rings (SSSR count). The maximum Gasteiger partial charge on any atom is 0.255 e. The molecule has 4 heterocycles. The number of amides is 1. The fourth-order valence-corrected chi connectivity index (χ4v) is 3.03. The minimum Gasteiger partial charge on any atom is -0.339 e. The van der Waals surface area contributed by atoms with Crippen molar-refractivity contribution in [1.82, 2.24) is 35.1 Å². The molecular formula is C16H19N7O2. The van der Waals surface area contributed by atoms with Crippen molar-refractivity contribution in [1.29, 1.82) is 0 Å². The summed E-state index contributed by atoms with van der Waals surface area (Å²) in [6.07, 6.45) is 3.30. The molecule has 1 aliphatic heterocycles. The second-order valence-electron chi connectivity index (χ2n) is 6.61. The zero-order chi connectivity index (χ0) is 17.4. The minimum atomic E-state index is -0.00996. The summed E-state index contributed by atoms with van der Waals surface area (Å²) in [5.74, 6) is 1.88. The molecule has 1 amide bonds. The van der Waals surface area contributed by atoms with Crippen molar-refractivity contribution in [2.24, 2.45) is 0 Å². The van der Waals surface area contributed by atoms with Crippen LogP contribution in [-0.2, 0) is 0 Å². The number of nitrogens with zero attached hydrogens (tertiary/aromatic N) is 7. The highest BCUT2D eigenvalue weighted by molar-refractivity contribution is 5.94. The predicted octanol–water partition coefficient (Wildman–Crippen LogP) is 1.65. The molecule has 9 nitrogen and oxygen atoms in total. The molecule has 0 saturated carbocycles. The normalized spacial score (nSPS) is 16.0. The van der Waals surface area contributed by atoms with E-state index in [0.717, 1.165) is 18.7 Å². The van der Waals surface area contributed by atoms with E-state index in [4.69, 9.17) is 4.52 Å². The molecule has 0 aliphatic carbocycles. The lowest BCUT2D eigenvalue weighted by molar-refractivity contribution is 0.0704. The van der Waals surface area contributed by atoms with E-state index in [-0.39, 0.29) is 17.7 Å². The van der Waals surface area contributed by atoms with Gasteiger partial charge in [0.1, 0.15) is 0 Å². The Morgan fingerprint density at radius 2 is 2.08 bits per heavy atom. The SMILES string of the molecule is CC(C)c1noc(C2CCN(C(=O)c3ccc4nnnn4c3)CC2)n1. The van der Waals surface area contributed by atoms with E-state index in [1.165, 1.54) is 4.52 Å². The summed E-state index contributed by atoms with van der Waals surface area (Å²) in [5.41, 5.74) is 1.20. The molecule has 0 radical (unpaired) electrons. The van der Waals surface area contributed by atoms with Gasteiger partial charge in [0.05, 0.1) is 5.56 Å². The number of carbonyl (C=O) groups excluding carboxylic acids is 1. The molecule has 0 bridgehead atoms. The summed E-state index contributed by atoms with van der Waals surface area (Å²) in [6.45, 7) is 5.40. The number of aromatic nitrogens is 6. The van der Waals surface area contributed by atoms with E-state index >= 15 is 0 Å². The fraction of sp³-hybridized carbons (Fsp3) is 0.500. The molecule has 0 atom stereocenters. The number of hydrogen-bond donors (Lipinski definition) is 0. The van der Waals surface area contributed by atoms with Crippen molar-refractivity contribution in [3.8, 4) is 0 Å². The molecule has 25 heavy (non-hydrogen) atoms. The number of hydrogen-bond acceptors (Lipinski definition) is 7. The molecule has 0 spiro atoms. The Hall–Kier alpha value is -2.84. The highest BCUT2D eigenvalue weighted by Gasteiger charge is 2.28. The topological polar surface area (TPSA) is 102 Å². The summed E-state index contributed by atoms with van der Waals surface area (Å²) in [6, 6.07) is 3.50. The molecule has 130 valence electrons. The van der Waals surface area contributed by atoms with Gasteiger partial charge in [-0.25, -0.2) is 0 Å². The Labute approximate surface area is 144 Å². The standard InChI is InChI=1S/C16H19N7O2/c1-10(2)14-17-15(25-19-14)11-5-7-22(8-6-11)16(24)12-3-4-13-18-20-21-23(13)9-12/h3-4,9-11H,5-8H2,1-2H3. The van der Waals surface area contributed by atoms with Crippen molar-refractivity contribution in [3.63, 3.8) is 0 Å². The average molecular weight is 341 g/mol. The van der Waals surface area contributed by atoms with Crippen LogP contribution in [0, 0.1) is 0 Å². The van der Waals surface area contributed by atoms with Crippen molar-refractivity contribution in [3.05, 3.63) is 35.6 Å². The van der Waals surface area contributed by atoms with Gasteiger partial charge in [-0.05, 0) is 35.4 Å². The summed E-state index contributed by atoms with van der Waals surface area (Å²) >= 11 is 0. The van der Waals surface area contributed by atoms with Crippen LogP contribution >= 0.6 is 0 Å². The lowest BCUT2D eigenvalue weighted by atomic mass is 9.96. The average Bonchev–Trinajstić information content (AvgIpc) is 3.30. The maximum atomic E-state index is 12.7. The van der Waals surface area contributed by atoms with E-state index in [2.05, 4.69) is 25.7 Å². The monoisotopic (exact) mass is 341 g/mol. The maximum absolute atomic E-state index is 12.7. The molecule has 3 aromatic heterocycles. The summed E-state index contributed by atoms with van der Waals surface area (Å²) in [5, 5.41) is 15.3. The zero-order valence-corrected chi connectivity index (χ0v) is 14.2. The van der Waals surface area contributed by atoms with Gasteiger partial charge in [-0.3, -0.25) is 4.79 Å². The fourth-order valence-electron chi connectivity index (χ4n) is 3.03. The van der Waals surface area contributed by atoms with Crippen LogP contribution in [0.5, 0.6) is 0 Å². The van der Waals surface area contributed by atoms with E-state index in [0.29, 0.717) is 30.2 Å². The summed E-state index contributed by atoms with van der Waals surface area (Å²) < 4.78 is 6.90. The lowest BCUT2D eigenvalue weighted by Gasteiger charge is -2.30. The first-order valence-electron chi connectivity index (χ1n) is 8.42. The third-order valence-electron chi connectivity index (χ3n) is 4.54. The highest BCUT2D eigenvalue weighted by atomic mass is 16.5. The molecule has 9 heteroatoms. The summed E-state index contributed by atoms with van der Waals surface area (Å²) in [7, 11) is 0. The van der Waals surface area contributed by atoms with Gasteiger partial charge < -0.3 is 9.42 Å². The van der Waals surface area contributed by atoms with Crippen LogP contribution in [0.3, 0.4) is 0 Å². The van der Waals surface area contributed by atoms with E-state index in [1.54, 1.807) is 18.3 Å². The molecule has 1 aliphatic rings. The van der Waals surface area contributed by atoms with Gasteiger partial charge in [0.25, 0.3) is 5.91 Å². The first-order valence-corrected chi connectivity index (χ1v) is 8.42. The molecule has 0 unspecified atom stereocenters. The highest BCUT2D eigenvalue weighted by Crippen LogP contribution is 2.28. The number of fused-ring (bicyclic) bond motifs is 1. The minimum absolute atomic E-state index is 0.00996. The van der Waals surface area contributed by atoms with Crippen molar-refractivity contribution in [2.75, 3.05) is 13.1 Å². The Kier molecular flexibility index (Phi) is 3.90. The Balaban J connectivity index is 1.42. The number of piperidine rings is 1. The Morgan fingerprint density at radius 3 is 2.80 bits per heavy atom. The molecule has 3 aromatic rings. The zero-order valence-electron chi connectivity index (χ0n) is 14.2. The van der Waals surface area contributed by atoms with Crippen LogP contribution in [-0.4, -0.2) is 54.1 Å². The van der Waals surface area contributed by atoms with Gasteiger partial charge in [0.15, 0.2) is 11.5 Å². The Morgan fingerprint density at radius 1 is 1.28 bits per heavy atom. The van der Waals surface area contributed by atoms with Gasteiger partial charge >= 0.3 is 0 Å². The smallest absolute Gasteiger partial charge is 0.255 e. The second-order valence-corrected chi connectivity index (χ2v) is 6.61. The Bertz CT molecular complexity index is 893. The molecular weight excluding hydrogens is 322 g/mol. The van der Waals surface area contributed by atoms with Crippen molar-refractivity contribution < 1.29 is 9.32 Å². The van der Waals surface area contributed by atoms with Crippen molar-refractivity contribution in [2.45, 2.75) is 38.5 Å². The van der Waals surface area contributed by atoms with Gasteiger partial charge in [0, 0.05) is 31.1 Å². The number of likely N-dealkylation sites (tertiary alicyclic amines) is 1. The lowest BCUT2D eigenvalue weighted by Crippen LogP contribution is -2.38. The molecule has 0 N–H and O–H groups in total. The number of pyridine rings is 1. The second kappa shape index (κ2) is 6.23. The quantitative estimate of drug-likeness (QED) is 0.713. The van der Waals surface area contributed by atoms with Crippen LogP contribution in [0.4, 0.5) is 0 Å². The largest absolute Gasteiger partial charge is 0.339 e. The van der Waals surface area contributed by atoms with Crippen LogP contribution in [0.25, 0.3) is 5.65 Å². The molecule has 1 saturated heterocycles. The van der Waals surface area contributed by atoms with Crippen LogP contribution in [0.2, 0.25) is 0 Å². The van der Waals surface area contributed by atoms with Gasteiger partial charge in [-0.15, -0.1) is 5.10 Å². The van der Waals surface area contributed by atoms with Crippen LogP contribution in [0.15, 0.2) is 22.9 Å². The predicted molar refractivity (Wildman–Crippen MR) is 87.0 cm³/mol. The van der Waals surface area contributed by atoms with E-state index in [9.17, 15) is 4.79 Å². The van der Waals surface area contributed by atoms with Crippen molar-refractivity contribution >= 4 is 11.6 Å². The molecule has 1 fully saturated rings. The van der Waals surface area contributed by atoms with Crippen LogP contribution in [0.1, 0.15) is 60.6 Å². The van der Waals surface area contributed by atoms with E-state index in [1.807, 2.05) is 18.7 Å². The first kappa shape index (κ1) is 15.7. The van der Waals surface area contributed by atoms with E-state index < -0.39 is 0 Å². The third kappa shape index (κ3) is 2.97. The van der Waals surface area contributed by atoms with Gasteiger partial charge in [0.2, 0.25) is 5.89 Å². The third-order valence-corrected chi connectivity index (χ3v) is 4.54. The number of rotatable bonds is 3. The summed E-state index contributed by atoms with van der Waals surface area (Å²) in [4.78, 5) is 19.0. The van der Waals surface area contributed by atoms with Gasteiger partial charge in [-0.2, -0.15) is 9.50 Å². The number of tetrazole rings is 1. The molecule has 0 aromatic carbocycles. The number of carbonyl (C=O) groups is 1. The van der Waals surface area contributed by atoms with Crippen LogP contribution < -0.4 is 0 Å². The first-order chi connectivity index (χ1) is 12.1. The van der Waals surface area contributed by atoms with Gasteiger partial charge in [-0.1, -0.05) is 19.0 Å².